The summed E-state index contributed by atoms with van der Waals surface area (Å²) in [5.74, 6) is -3.20. The van der Waals surface area contributed by atoms with E-state index in [1.54, 1.807) is 0 Å². The lowest BCUT2D eigenvalue weighted by Crippen LogP contribution is -2.61. The molecule has 0 aromatic carbocycles. The van der Waals surface area contributed by atoms with E-state index in [0.717, 1.165) is 141 Å². The van der Waals surface area contributed by atoms with Crippen molar-refractivity contribution in [1.29, 1.82) is 0 Å². The normalized spacial score (nSPS) is 18.9. The van der Waals surface area contributed by atoms with Gasteiger partial charge in [-0.05, 0) is 116 Å². The second kappa shape index (κ2) is 50.5. The summed E-state index contributed by atoms with van der Waals surface area (Å²) in [6.07, 6.45) is 53.8. The first-order valence-corrected chi connectivity index (χ1v) is 29.2. The van der Waals surface area contributed by atoms with Crippen molar-refractivity contribution in [3.63, 3.8) is 0 Å². The maximum atomic E-state index is 13.1. The molecule has 1 fully saturated rings. The molecule has 1 rings (SSSR count). The highest BCUT2D eigenvalue weighted by atomic mass is 16.7. The van der Waals surface area contributed by atoms with Gasteiger partial charge in [0.15, 0.2) is 24.6 Å². The first-order valence-electron chi connectivity index (χ1n) is 29.2. The standard InChI is InChI=1S/C63H102O12/c1-4-7-10-13-16-19-22-25-27-28-30-32-34-37-40-43-46-49-55(64)71-52-54(73-56(65)50-47-44-41-38-36-33-29-26-23-20-17-14-11-8-5-2)53-72-63-61(59(68)58(67)60(75-63)62(69)70)74-57(66)51-48-45-42-39-35-31-24-21-18-15-12-9-6-3/h7,9-10,12,16-21,25-27,29,31,35,54,58-61,63,67-68H,4-6,8,11,13-15,22-24,28,30,32-34,36-53H2,1-3H3,(H,69,70)/b10-7-,12-9-,19-16-,20-17-,21-18-,27-25-,29-26-,35-31-. The van der Waals surface area contributed by atoms with Gasteiger partial charge in [-0.2, -0.15) is 0 Å². The van der Waals surface area contributed by atoms with E-state index in [9.17, 15) is 34.5 Å². The fraction of sp³-hybridized carbons (Fsp3) is 0.683. The monoisotopic (exact) mass is 1050 g/mol. The average Bonchev–Trinajstić information content (AvgIpc) is 3.39. The summed E-state index contributed by atoms with van der Waals surface area (Å²) in [7, 11) is 0. The third-order valence-corrected chi connectivity index (χ3v) is 12.6. The van der Waals surface area contributed by atoms with Crippen molar-refractivity contribution in [3.8, 4) is 0 Å². The summed E-state index contributed by atoms with van der Waals surface area (Å²) in [5.41, 5.74) is 0. The average molecular weight is 1050 g/mol. The van der Waals surface area contributed by atoms with E-state index in [0.29, 0.717) is 19.3 Å². The molecular weight excluding hydrogens is 949 g/mol. The quantitative estimate of drug-likeness (QED) is 0.0228. The number of aliphatic hydroxyl groups excluding tert-OH is 2. The van der Waals surface area contributed by atoms with Gasteiger partial charge in [-0.25, -0.2) is 4.79 Å². The van der Waals surface area contributed by atoms with Crippen LogP contribution in [0.15, 0.2) is 97.2 Å². The lowest BCUT2D eigenvalue weighted by atomic mass is 9.98. The molecule has 1 heterocycles. The van der Waals surface area contributed by atoms with Gasteiger partial charge >= 0.3 is 23.9 Å². The van der Waals surface area contributed by atoms with Crippen molar-refractivity contribution < 1.29 is 58.2 Å². The van der Waals surface area contributed by atoms with Crippen molar-refractivity contribution in [2.75, 3.05) is 13.2 Å². The number of carbonyl (C=O) groups excluding carboxylic acids is 3. The van der Waals surface area contributed by atoms with Crippen LogP contribution >= 0.6 is 0 Å². The van der Waals surface area contributed by atoms with Crippen LogP contribution in [-0.2, 0) is 42.9 Å². The molecule has 0 aliphatic carbocycles. The summed E-state index contributed by atoms with van der Waals surface area (Å²) in [5, 5.41) is 31.4. The number of carbonyl (C=O) groups is 4. The summed E-state index contributed by atoms with van der Waals surface area (Å²) in [4.78, 5) is 51.1. The predicted molar refractivity (Wildman–Crippen MR) is 303 cm³/mol. The molecule has 6 unspecified atom stereocenters. The number of hydrogen-bond acceptors (Lipinski definition) is 11. The SMILES string of the molecule is CC/C=C\C/C=C\C/C=C\CCCCCCCCCC(=O)OCC(COC1OC(C(=O)O)C(O)C(O)C1OC(=O)CCCCC/C=C\C/C=C\C/C=C\CC)OC(=O)CCCCCCC/C=C\C/C=C\CCCCC. The van der Waals surface area contributed by atoms with Crippen LogP contribution in [0.25, 0.3) is 0 Å². The smallest absolute Gasteiger partial charge is 0.335 e. The molecule has 75 heavy (non-hydrogen) atoms. The van der Waals surface area contributed by atoms with Crippen LogP contribution in [0.5, 0.6) is 0 Å². The first kappa shape index (κ1) is 68.7. The van der Waals surface area contributed by atoms with Crippen LogP contribution in [0.2, 0.25) is 0 Å². The van der Waals surface area contributed by atoms with Gasteiger partial charge < -0.3 is 39.0 Å². The van der Waals surface area contributed by atoms with Crippen LogP contribution in [-0.4, -0.2) is 89.2 Å². The number of aliphatic hydroxyl groups is 2. The van der Waals surface area contributed by atoms with Crippen LogP contribution in [0.1, 0.15) is 226 Å². The first-order chi connectivity index (χ1) is 36.6. The molecule has 1 saturated heterocycles. The molecular formula is C63H102O12. The van der Waals surface area contributed by atoms with Gasteiger partial charge in [-0.1, -0.05) is 189 Å². The Bertz CT molecular complexity index is 1670. The van der Waals surface area contributed by atoms with E-state index in [4.69, 9.17) is 23.7 Å². The highest BCUT2D eigenvalue weighted by molar-refractivity contribution is 5.74. The number of ether oxygens (including phenoxy) is 5. The second-order valence-electron chi connectivity index (χ2n) is 19.5. The molecule has 0 aromatic heterocycles. The number of rotatable bonds is 48. The molecule has 1 aliphatic rings. The zero-order chi connectivity index (χ0) is 54.7. The van der Waals surface area contributed by atoms with Gasteiger partial charge in [0.25, 0.3) is 0 Å². The van der Waals surface area contributed by atoms with E-state index >= 15 is 0 Å². The summed E-state index contributed by atoms with van der Waals surface area (Å²) in [6.45, 7) is 5.70. The lowest BCUT2D eigenvalue weighted by Gasteiger charge is -2.40. The largest absolute Gasteiger partial charge is 0.479 e. The molecule has 3 N–H and O–H groups in total. The Morgan fingerprint density at radius 3 is 1.29 bits per heavy atom. The van der Waals surface area contributed by atoms with E-state index in [1.165, 1.54) is 25.7 Å². The summed E-state index contributed by atoms with van der Waals surface area (Å²) < 4.78 is 28.4. The summed E-state index contributed by atoms with van der Waals surface area (Å²) in [6, 6.07) is 0. The van der Waals surface area contributed by atoms with Crippen molar-refractivity contribution in [2.45, 2.75) is 263 Å². The van der Waals surface area contributed by atoms with Crippen LogP contribution in [0.4, 0.5) is 0 Å². The molecule has 0 bridgehead atoms. The zero-order valence-corrected chi connectivity index (χ0v) is 46.8. The Labute approximate surface area is 453 Å². The van der Waals surface area contributed by atoms with Crippen LogP contribution < -0.4 is 0 Å². The fourth-order valence-corrected chi connectivity index (χ4v) is 8.19. The minimum atomic E-state index is -1.92. The van der Waals surface area contributed by atoms with Crippen LogP contribution in [0, 0.1) is 0 Å². The number of carboxylic acids is 1. The number of allylic oxidation sites excluding steroid dienone is 16. The third kappa shape index (κ3) is 40.6. The van der Waals surface area contributed by atoms with Crippen molar-refractivity contribution in [3.05, 3.63) is 97.2 Å². The maximum Gasteiger partial charge on any atom is 0.335 e. The Kier molecular flexibility index (Phi) is 46.2. The predicted octanol–water partition coefficient (Wildman–Crippen LogP) is 14.9. The van der Waals surface area contributed by atoms with Gasteiger partial charge in [-0.3, -0.25) is 14.4 Å². The number of esters is 3. The molecule has 12 nitrogen and oxygen atoms in total. The van der Waals surface area contributed by atoms with E-state index in [2.05, 4.69) is 118 Å². The minimum absolute atomic E-state index is 0.0186. The molecule has 1 aliphatic heterocycles. The fourth-order valence-electron chi connectivity index (χ4n) is 8.19. The third-order valence-electron chi connectivity index (χ3n) is 12.6. The minimum Gasteiger partial charge on any atom is -0.479 e. The van der Waals surface area contributed by atoms with Crippen LogP contribution in [0.3, 0.4) is 0 Å². The number of unbranched alkanes of at least 4 members (excludes halogenated alkanes) is 18. The Morgan fingerprint density at radius 1 is 0.453 bits per heavy atom. The number of aliphatic carboxylic acids is 1. The van der Waals surface area contributed by atoms with Gasteiger partial charge in [0.2, 0.25) is 0 Å². The molecule has 0 saturated carbocycles. The van der Waals surface area contributed by atoms with E-state index in [1.807, 2.05) is 0 Å². The highest BCUT2D eigenvalue weighted by Crippen LogP contribution is 2.26. The zero-order valence-electron chi connectivity index (χ0n) is 46.8. The van der Waals surface area contributed by atoms with Gasteiger partial charge in [-0.15, -0.1) is 0 Å². The second-order valence-corrected chi connectivity index (χ2v) is 19.5. The van der Waals surface area contributed by atoms with Crippen molar-refractivity contribution in [1.82, 2.24) is 0 Å². The lowest BCUT2D eigenvalue weighted by molar-refractivity contribution is -0.301. The molecule has 0 radical (unpaired) electrons. The Hall–Kier alpha value is -4.36. The Morgan fingerprint density at radius 2 is 0.840 bits per heavy atom. The van der Waals surface area contributed by atoms with E-state index < -0.39 is 67.3 Å². The molecule has 0 amide bonds. The molecule has 426 valence electrons. The van der Waals surface area contributed by atoms with Gasteiger partial charge in [0, 0.05) is 19.3 Å². The van der Waals surface area contributed by atoms with Crippen molar-refractivity contribution >= 4 is 23.9 Å². The highest BCUT2D eigenvalue weighted by Gasteiger charge is 2.50. The van der Waals surface area contributed by atoms with E-state index in [-0.39, 0.29) is 25.9 Å². The summed E-state index contributed by atoms with van der Waals surface area (Å²) >= 11 is 0. The molecule has 0 spiro atoms. The molecule has 0 aromatic rings. The van der Waals surface area contributed by atoms with Gasteiger partial charge in [0.1, 0.15) is 18.8 Å². The molecule has 12 heteroatoms. The topological polar surface area (TPSA) is 175 Å². The number of carboxylic acid groups (broad SMARTS) is 1. The maximum absolute atomic E-state index is 13.1. The number of hydrogen-bond donors (Lipinski definition) is 3. The molecule has 6 atom stereocenters. The van der Waals surface area contributed by atoms with Gasteiger partial charge in [0.05, 0.1) is 6.61 Å². The van der Waals surface area contributed by atoms with Crippen molar-refractivity contribution in [2.24, 2.45) is 0 Å². The Balaban J connectivity index is 2.73.